The van der Waals surface area contributed by atoms with Gasteiger partial charge in [-0.2, -0.15) is 0 Å². The van der Waals surface area contributed by atoms with E-state index >= 15 is 0 Å². The molecule has 1 fully saturated rings. The molecule has 9 heteroatoms. The van der Waals surface area contributed by atoms with E-state index in [-0.39, 0.29) is 11.8 Å². The molecular weight excluding hydrogens is 420 g/mol. The molecule has 1 aliphatic rings. The average molecular weight is 447 g/mol. The Morgan fingerprint density at radius 3 is 2.61 bits per heavy atom. The van der Waals surface area contributed by atoms with E-state index in [0.717, 1.165) is 24.5 Å². The standard InChI is InChI=1S/C24H26N6O3/c1-25-24(32)19-16-28-22(17-5-3-2-4-6-17)29-20(19)8-10-27-23(31)18-7-9-26-21(15-18)30-11-13-33-14-12-30/h2-7,9,15-16H,8,10-14H2,1H3,(H,25,32)(H,27,31). The number of carbonyl (C=O) groups is 2. The Labute approximate surface area is 192 Å². The second-order valence-corrected chi connectivity index (χ2v) is 7.51. The fourth-order valence-corrected chi connectivity index (χ4v) is 3.58. The topological polar surface area (TPSA) is 109 Å². The van der Waals surface area contributed by atoms with Gasteiger partial charge in [0.1, 0.15) is 5.82 Å². The number of carbonyl (C=O) groups excluding carboxylic acids is 2. The summed E-state index contributed by atoms with van der Waals surface area (Å²) in [6.07, 6.45) is 3.56. The third kappa shape index (κ3) is 5.50. The van der Waals surface area contributed by atoms with Crippen LogP contribution in [0.25, 0.3) is 11.4 Å². The number of anilines is 1. The van der Waals surface area contributed by atoms with Crippen LogP contribution in [-0.2, 0) is 11.2 Å². The Morgan fingerprint density at radius 1 is 1.06 bits per heavy atom. The molecule has 1 aliphatic heterocycles. The summed E-state index contributed by atoms with van der Waals surface area (Å²) in [5.74, 6) is 0.830. The van der Waals surface area contributed by atoms with E-state index in [4.69, 9.17) is 4.74 Å². The Bertz CT molecular complexity index is 1120. The van der Waals surface area contributed by atoms with Gasteiger partial charge in [0.25, 0.3) is 11.8 Å². The maximum absolute atomic E-state index is 12.7. The van der Waals surface area contributed by atoms with Crippen LogP contribution >= 0.6 is 0 Å². The molecule has 0 atom stereocenters. The molecule has 2 N–H and O–H groups in total. The molecule has 0 aliphatic carbocycles. The summed E-state index contributed by atoms with van der Waals surface area (Å²) < 4.78 is 5.38. The SMILES string of the molecule is CNC(=O)c1cnc(-c2ccccc2)nc1CCNC(=O)c1ccnc(N2CCOCC2)c1. The predicted octanol–water partition coefficient (Wildman–Crippen LogP) is 1.71. The van der Waals surface area contributed by atoms with Gasteiger partial charge in [0.15, 0.2) is 5.82 Å². The number of amides is 2. The molecule has 0 bridgehead atoms. The van der Waals surface area contributed by atoms with Gasteiger partial charge in [-0.3, -0.25) is 9.59 Å². The van der Waals surface area contributed by atoms with Gasteiger partial charge in [0, 0.05) is 56.6 Å². The molecule has 1 aromatic carbocycles. The molecule has 0 spiro atoms. The first-order valence-electron chi connectivity index (χ1n) is 10.9. The average Bonchev–Trinajstić information content (AvgIpc) is 2.89. The number of nitrogens with one attached hydrogen (secondary N) is 2. The van der Waals surface area contributed by atoms with Crippen LogP contribution in [0.5, 0.6) is 0 Å². The smallest absolute Gasteiger partial charge is 0.254 e. The molecule has 0 unspecified atom stereocenters. The summed E-state index contributed by atoms with van der Waals surface area (Å²) in [5.41, 5.74) is 2.36. The summed E-state index contributed by atoms with van der Waals surface area (Å²) in [6, 6.07) is 13.0. The van der Waals surface area contributed by atoms with Gasteiger partial charge < -0.3 is 20.3 Å². The van der Waals surface area contributed by atoms with Gasteiger partial charge in [-0.25, -0.2) is 15.0 Å². The zero-order valence-corrected chi connectivity index (χ0v) is 18.5. The van der Waals surface area contributed by atoms with Gasteiger partial charge in [-0.1, -0.05) is 30.3 Å². The maximum Gasteiger partial charge on any atom is 0.254 e. The Balaban J connectivity index is 1.45. The fourth-order valence-electron chi connectivity index (χ4n) is 3.58. The van der Waals surface area contributed by atoms with Gasteiger partial charge in [-0.15, -0.1) is 0 Å². The highest BCUT2D eigenvalue weighted by atomic mass is 16.5. The molecule has 4 rings (SSSR count). The molecule has 9 nitrogen and oxygen atoms in total. The van der Waals surface area contributed by atoms with Gasteiger partial charge >= 0.3 is 0 Å². The number of nitrogens with zero attached hydrogens (tertiary/aromatic N) is 4. The Morgan fingerprint density at radius 2 is 1.85 bits per heavy atom. The lowest BCUT2D eigenvalue weighted by Gasteiger charge is -2.27. The van der Waals surface area contributed by atoms with E-state index in [2.05, 4.69) is 30.5 Å². The number of pyridine rings is 1. The van der Waals surface area contributed by atoms with Crippen LogP contribution in [0.1, 0.15) is 26.4 Å². The first kappa shape index (κ1) is 22.3. The molecule has 33 heavy (non-hydrogen) atoms. The highest BCUT2D eigenvalue weighted by Crippen LogP contribution is 2.17. The number of benzene rings is 1. The van der Waals surface area contributed by atoms with Crippen molar-refractivity contribution in [3.63, 3.8) is 0 Å². The zero-order valence-electron chi connectivity index (χ0n) is 18.5. The largest absolute Gasteiger partial charge is 0.378 e. The second kappa shape index (κ2) is 10.6. The van der Waals surface area contributed by atoms with Crippen molar-refractivity contribution in [2.24, 2.45) is 0 Å². The Hall–Kier alpha value is -3.85. The highest BCUT2D eigenvalue weighted by Gasteiger charge is 2.17. The van der Waals surface area contributed by atoms with Crippen LogP contribution in [0.2, 0.25) is 0 Å². The van der Waals surface area contributed by atoms with Crippen molar-refractivity contribution < 1.29 is 14.3 Å². The molecule has 170 valence electrons. The normalized spacial score (nSPS) is 13.4. The molecule has 3 heterocycles. The first-order valence-corrected chi connectivity index (χ1v) is 10.9. The summed E-state index contributed by atoms with van der Waals surface area (Å²) in [6.45, 7) is 3.12. The zero-order chi connectivity index (χ0) is 23.0. The number of hydrogen-bond acceptors (Lipinski definition) is 7. The van der Waals surface area contributed by atoms with Crippen molar-refractivity contribution in [2.45, 2.75) is 6.42 Å². The summed E-state index contributed by atoms with van der Waals surface area (Å²) in [4.78, 5) is 40.5. The molecule has 2 amide bonds. The molecule has 0 radical (unpaired) electrons. The van der Waals surface area contributed by atoms with Crippen LogP contribution in [0, 0.1) is 0 Å². The van der Waals surface area contributed by atoms with E-state index in [0.29, 0.717) is 48.8 Å². The minimum absolute atomic E-state index is 0.203. The summed E-state index contributed by atoms with van der Waals surface area (Å²) in [7, 11) is 1.56. The number of morpholine rings is 1. The maximum atomic E-state index is 12.7. The van der Waals surface area contributed by atoms with Gasteiger partial charge in [-0.05, 0) is 12.1 Å². The molecular formula is C24H26N6O3. The minimum Gasteiger partial charge on any atom is -0.378 e. The van der Waals surface area contributed by atoms with Crippen molar-refractivity contribution in [2.75, 3.05) is 44.8 Å². The highest BCUT2D eigenvalue weighted by molar-refractivity contribution is 5.95. The van der Waals surface area contributed by atoms with Gasteiger partial charge in [0.2, 0.25) is 0 Å². The third-order valence-corrected chi connectivity index (χ3v) is 5.36. The minimum atomic E-state index is -0.264. The van der Waals surface area contributed by atoms with Crippen molar-refractivity contribution in [3.8, 4) is 11.4 Å². The van der Waals surface area contributed by atoms with E-state index in [9.17, 15) is 9.59 Å². The lowest BCUT2D eigenvalue weighted by molar-refractivity contribution is 0.0952. The van der Waals surface area contributed by atoms with Crippen LogP contribution in [0.15, 0.2) is 54.9 Å². The van der Waals surface area contributed by atoms with E-state index in [1.165, 1.54) is 6.20 Å². The molecule has 0 saturated carbocycles. The fraction of sp³-hybridized carbons (Fsp3) is 0.292. The monoisotopic (exact) mass is 446 g/mol. The Kier molecular flexibility index (Phi) is 7.21. The second-order valence-electron chi connectivity index (χ2n) is 7.51. The van der Waals surface area contributed by atoms with Crippen LogP contribution in [0.3, 0.4) is 0 Å². The van der Waals surface area contributed by atoms with Crippen LogP contribution in [0.4, 0.5) is 5.82 Å². The number of hydrogen-bond donors (Lipinski definition) is 2. The van der Waals surface area contributed by atoms with Crippen molar-refractivity contribution >= 4 is 17.6 Å². The third-order valence-electron chi connectivity index (χ3n) is 5.36. The van der Waals surface area contributed by atoms with E-state index in [1.807, 2.05) is 30.3 Å². The summed E-state index contributed by atoms with van der Waals surface area (Å²) in [5, 5.41) is 5.54. The van der Waals surface area contributed by atoms with Crippen molar-refractivity contribution in [1.29, 1.82) is 0 Å². The lowest BCUT2D eigenvalue weighted by Crippen LogP contribution is -2.37. The lowest BCUT2D eigenvalue weighted by atomic mass is 10.1. The van der Waals surface area contributed by atoms with Crippen molar-refractivity contribution in [1.82, 2.24) is 25.6 Å². The first-order chi connectivity index (χ1) is 16.2. The number of ether oxygens (including phenoxy) is 1. The van der Waals surface area contributed by atoms with E-state index < -0.39 is 0 Å². The van der Waals surface area contributed by atoms with Gasteiger partial charge in [0.05, 0.1) is 24.5 Å². The molecule has 1 saturated heterocycles. The number of aromatic nitrogens is 3. The van der Waals surface area contributed by atoms with Crippen LogP contribution in [-0.4, -0.2) is 66.7 Å². The molecule has 2 aromatic heterocycles. The van der Waals surface area contributed by atoms with Crippen LogP contribution < -0.4 is 15.5 Å². The van der Waals surface area contributed by atoms with E-state index in [1.54, 1.807) is 25.4 Å². The summed E-state index contributed by atoms with van der Waals surface area (Å²) >= 11 is 0. The quantitative estimate of drug-likeness (QED) is 0.569. The predicted molar refractivity (Wildman–Crippen MR) is 124 cm³/mol. The van der Waals surface area contributed by atoms with Crippen molar-refractivity contribution in [3.05, 3.63) is 71.7 Å². The number of rotatable bonds is 7. The molecule has 3 aromatic rings.